The van der Waals surface area contributed by atoms with Crippen LogP contribution in [0.2, 0.25) is 0 Å². The minimum atomic E-state index is -1.03. The summed E-state index contributed by atoms with van der Waals surface area (Å²) in [5.41, 5.74) is 0.465. The average molecular weight is 285 g/mol. The van der Waals surface area contributed by atoms with Crippen LogP contribution in [0.3, 0.4) is 0 Å². The molecule has 0 radical (unpaired) electrons. The summed E-state index contributed by atoms with van der Waals surface area (Å²) in [6.45, 7) is 1.58. The van der Waals surface area contributed by atoms with Crippen molar-refractivity contribution < 1.29 is 19.4 Å². The van der Waals surface area contributed by atoms with Crippen LogP contribution < -0.4 is 4.90 Å². The number of nitrogens with zero attached hydrogens (tertiary/aromatic N) is 1. The van der Waals surface area contributed by atoms with Gasteiger partial charge in [-0.2, -0.15) is 0 Å². The first-order valence-electron chi connectivity index (χ1n) is 7.00. The van der Waals surface area contributed by atoms with Gasteiger partial charge < -0.3 is 9.84 Å². The summed E-state index contributed by atoms with van der Waals surface area (Å²) in [5, 5.41) is 9.65. The highest BCUT2D eigenvalue weighted by Crippen LogP contribution is 2.52. The molecule has 2 bridgehead atoms. The smallest absolute Gasteiger partial charge is 0.241 e. The van der Waals surface area contributed by atoms with E-state index in [1.54, 1.807) is 18.2 Å². The number of benzene rings is 1. The van der Waals surface area contributed by atoms with E-state index in [1.165, 1.54) is 4.90 Å². The van der Waals surface area contributed by atoms with Gasteiger partial charge in [-0.25, -0.2) is 4.90 Å². The molecule has 3 aliphatic heterocycles. The number of anilines is 1. The van der Waals surface area contributed by atoms with Crippen molar-refractivity contribution in [1.29, 1.82) is 0 Å². The molecule has 5 nitrogen and oxygen atoms in total. The number of carbonyl (C=O) groups excluding carboxylic acids is 2. The van der Waals surface area contributed by atoms with Crippen molar-refractivity contribution in [3.05, 3.63) is 42.0 Å². The van der Waals surface area contributed by atoms with Crippen LogP contribution in [-0.2, 0) is 14.3 Å². The highest BCUT2D eigenvalue weighted by Gasteiger charge is 2.67. The molecule has 1 aromatic rings. The van der Waals surface area contributed by atoms with Gasteiger partial charge in [0.15, 0.2) is 0 Å². The lowest BCUT2D eigenvalue weighted by atomic mass is 9.77. The summed E-state index contributed by atoms with van der Waals surface area (Å²) in [7, 11) is 0. The van der Waals surface area contributed by atoms with Crippen LogP contribution in [0, 0.1) is 18.8 Å². The van der Waals surface area contributed by atoms with Gasteiger partial charge in [0.25, 0.3) is 0 Å². The van der Waals surface area contributed by atoms with Crippen LogP contribution in [0.4, 0.5) is 5.69 Å². The Balaban J connectivity index is 1.81. The number of carbonyl (C=O) groups is 2. The third-order valence-corrected chi connectivity index (χ3v) is 4.76. The van der Waals surface area contributed by atoms with Crippen LogP contribution in [0.25, 0.3) is 0 Å². The van der Waals surface area contributed by atoms with Crippen molar-refractivity contribution in [3.63, 3.8) is 0 Å². The molecule has 4 rings (SSSR count). The highest BCUT2D eigenvalue weighted by molar-refractivity contribution is 6.23. The Hall–Kier alpha value is -1.98. The van der Waals surface area contributed by atoms with Crippen LogP contribution in [0.15, 0.2) is 36.4 Å². The third-order valence-electron chi connectivity index (χ3n) is 4.76. The van der Waals surface area contributed by atoms with E-state index < -0.39 is 23.5 Å². The number of aryl methyl sites for hydroxylation is 1. The predicted molar refractivity (Wildman–Crippen MR) is 74.5 cm³/mol. The Labute approximate surface area is 121 Å². The molecule has 21 heavy (non-hydrogen) atoms. The molecular formula is C16H15NO4. The molecule has 2 fully saturated rings. The lowest BCUT2D eigenvalue weighted by Crippen LogP contribution is -2.43. The van der Waals surface area contributed by atoms with Gasteiger partial charge in [-0.1, -0.05) is 30.4 Å². The van der Waals surface area contributed by atoms with Crippen molar-refractivity contribution in [2.45, 2.75) is 18.6 Å². The lowest BCUT2D eigenvalue weighted by molar-refractivity contribution is -0.128. The zero-order chi connectivity index (χ0) is 14.8. The molecule has 2 saturated heterocycles. The number of hydrogen-bond donors (Lipinski definition) is 1. The van der Waals surface area contributed by atoms with E-state index in [2.05, 4.69) is 0 Å². The lowest BCUT2D eigenvalue weighted by Gasteiger charge is -2.26. The maximum absolute atomic E-state index is 12.8. The molecule has 1 N–H and O–H groups in total. The average Bonchev–Trinajstić information content (AvgIpc) is 3.12. The van der Waals surface area contributed by atoms with E-state index in [4.69, 9.17) is 4.74 Å². The zero-order valence-electron chi connectivity index (χ0n) is 11.5. The first-order chi connectivity index (χ1) is 10.1. The van der Waals surface area contributed by atoms with Crippen LogP contribution >= 0.6 is 0 Å². The van der Waals surface area contributed by atoms with Crippen molar-refractivity contribution in [3.8, 4) is 0 Å². The predicted octanol–water partition coefficient (Wildman–Crippen LogP) is 0.800. The molecule has 3 aliphatic rings. The quantitative estimate of drug-likeness (QED) is 0.645. The Morgan fingerprint density at radius 3 is 2.76 bits per heavy atom. The molecule has 0 aliphatic carbocycles. The van der Waals surface area contributed by atoms with Crippen molar-refractivity contribution in [2.24, 2.45) is 11.8 Å². The maximum Gasteiger partial charge on any atom is 0.241 e. The molecule has 0 spiro atoms. The normalized spacial score (nSPS) is 36.7. The van der Waals surface area contributed by atoms with E-state index in [-0.39, 0.29) is 18.4 Å². The van der Waals surface area contributed by atoms with Gasteiger partial charge in [0.1, 0.15) is 5.60 Å². The Morgan fingerprint density at radius 2 is 2.05 bits per heavy atom. The fourth-order valence-electron chi connectivity index (χ4n) is 3.74. The van der Waals surface area contributed by atoms with Gasteiger partial charge in [-0.05, 0) is 18.6 Å². The SMILES string of the molecule is Cc1ccccc1N1C(=O)[C@H]2[C@H]3C=C[C@@](CO)(O3)[C@H]2C1=O. The summed E-state index contributed by atoms with van der Waals surface area (Å²) < 4.78 is 5.70. The third kappa shape index (κ3) is 1.42. The standard InChI is InChI=1S/C16H15NO4/c1-9-4-2-3-5-10(9)17-14(19)12-11-6-7-16(8-18,21-11)13(12)15(17)20/h2-7,11-13,18H,8H2,1H3/t11-,12+,13-,16+/m1/s1. The van der Waals surface area contributed by atoms with Gasteiger partial charge in [0.2, 0.25) is 11.8 Å². The number of aliphatic hydroxyl groups excluding tert-OH is 1. The molecule has 2 amide bonds. The van der Waals surface area contributed by atoms with Gasteiger partial charge in [-0.3, -0.25) is 9.59 Å². The first kappa shape index (κ1) is 12.7. The summed E-state index contributed by atoms with van der Waals surface area (Å²) in [4.78, 5) is 26.8. The van der Waals surface area contributed by atoms with Gasteiger partial charge in [0, 0.05) is 0 Å². The van der Waals surface area contributed by atoms with Crippen LogP contribution in [0.1, 0.15) is 5.56 Å². The monoisotopic (exact) mass is 285 g/mol. The van der Waals surface area contributed by atoms with Crippen molar-refractivity contribution in [1.82, 2.24) is 0 Å². The van der Waals surface area contributed by atoms with Gasteiger partial charge >= 0.3 is 0 Å². The fourth-order valence-corrected chi connectivity index (χ4v) is 3.74. The molecule has 0 aromatic heterocycles. The molecule has 0 unspecified atom stereocenters. The van der Waals surface area contributed by atoms with Crippen molar-refractivity contribution >= 4 is 17.5 Å². The van der Waals surface area contributed by atoms with E-state index in [0.29, 0.717) is 5.69 Å². The first-order valence-corrected chi connectivity index (χ1v) is 7.00. The van der Waals surface area contributed by atoms with E-state index in [1.807, 2.05) is 25.1 Å². The number of amides is 2. The van der Waals surface area contributed by atoms with Gasteiger partial charge in [0.05, 0.1) is 30.2 Å². The van der Waals surface area contributed by atoms with E-state index in [9.17, 15) is 14.7 Å². The Morgan fingerprint density at radius 1 is 1.29 bits per heavy atom. The molecule has 0 saturated carbocycles. The van der Waals surface area contributed by atoms with Crippen molar-refractivity contribution in [2.75, 3.05) is 11.5 Å². The topological polar surface area (TPSA) is 66.8 Å². The second-order valence-corrected chi connectivity index (χ2v) is 5.86. The number of rotatable bonds is 2. The minimum Gasteiger partial charge on any atom is -0.393 e. The highest BCUT2D eigenvalue weighted by atomic mass is 16.5. The molecule has 1 aromatic carbocycles. The van der Waals surface area contributed by atoms with E-state index >= 15 is 0 Å². The number of hydrogen-bond acceptors (Lipinski definition) is 4. The minimum absolute atomic E-state index is 0.232. The molecule has 4 atom stereocenters. The van der Waals surface area contributed by atoms with E-state index in [0.717, 1.165) is 5.56 Å². The number of para-hydroxylation sites is 1. The maximum atomic E-state index is 12.8. The summed E-state index contributed by atoms with van der Waals surface area (Å²) in [6, 6.07) is 7.32. The van der Waals surface area contributed by atoms with Gasteiger partial charge in [-0.15, -0.1) is 0 Å². The second-order valence-electron chi connectivity index (χ2n) is 5.86. The largest absolute Gasteiger partial charge is 0.393 e. The number of ether oxygens (including phenoxy) is 1. The number of aliphatic hydroxyl groups is 1. The molecule has 3 heterocycles. The molecule has 108 valence electrons. The van der Waals surface area contributed by atoms with Crippen LogP contribution in [-0.4, -0.2) is 35.2 Å². The Bertz CT molecular complexity index is 683. The second kappa shape index (κ2) is 4.02. The summed E-state index contributed by atoms with van der Waals surface area (Å²) >= 11 is 0. The van der Waals surface area contributed by atoms with Crippen LogP contribution in [0.5, 0.6) is 0 Å². The molecular weight excluding hydrogens is 270 g/mol. The number of fused-ring (bicyclic) bond motifs is 5. The zero-order valence-corrected chi connectivity index (χ0v) is 11.5. The summed E-state index contributed by atoms with van der Waals surface area (Å²) in [6.07, 6.45) is 3.10. The summed E-state index contributed by atoms with van der Waals surface area (Å²) in [5.74, 6) is -1.65. The number of imide groups is 1. The Kier molecular flexibility index (Phi) is 2.44. The molecule has 5 heteroatoms. The fraction of sp³-hybridized carbons (Fsp3) is 0.375.